The number of ether oxygens (including phenoxy) is 1. The Kier molecular flexibility index (Phi) is 4.85. The molecule has 0 N–H and O–H groups in total. The van der Waals surface area contributed by atoms with Gasteiger partial charge in [0.05, 0.1) is 5.03 Å². The number of rotatable bonds is 3. The van der Waals surface area contributed by atoms with E-state index in [1.165, 1.54) is 0 Å². The number of amidine groups is 2. The fourth-order valence-corrected chi connectivity index (χ4v) is 3.04. The van der Waals surface area contributed by atoms with Crippen LogP contribution in [-0.4, -0.2) is 29.1 Å². The van der Waals surface area contributed by atoms with Gasteiger partial charge in [-0.25, -0.2) is 4.99 Å². The highest BCUT2D eigenvalue weighted by atomic mass is 35.5. The number of para-hydroxylation sites is 1. The third-order valence-electron chi connectivity index (χ3n) is 4.12. The van der Waals surface area contributed by atoms with E-state index in [4.69, 9.17) is 16.3 Å². The molecule has 5 nitrogen and oxygen atoms in total. The van der Waals surface area contributed by atoms with Crippen LogP contribution in [0.3, 0.4) is 0 Å². The highest BCUT2D eigenvalue weighted by Crippen LogP contribution is 2.23. The molecule has 4 rings (SSSR count). The average molecular weight is 378 g/mol. The summed E-state index contributed by atoms with van der Waals surface area (Å²) < 4.78 is 5.49. The van der Waals surface area contributed by atoms with Crippen molar-refractivity contribution >= 4 is 29.2 Å². The minimum Gasteiger partial charge on any atom is -0.484 e. The Morgan fingerprint density at radius 3 is 2.74 bits per heavy atom. The topological polar surface area (TPSA) is 54.3 Å². The molecule has 1 amide bonds. The Morgan fingerprint density at radius 2 is 1.89 bits per heavy atom. The third-order valence-corrected chi connectivity index (χ3v) is 4.34. The lowest BCUT2D eigenvalue weighted by atomic mass is 10.1. The molecule has 0 aromatic heterocycles. The molecule has 2 aromatic rings. The van der Waals surface area contributed by atoms with Crippen molar-refractivity contribution in [3.8, 4) is 5.75 Å². The predicted molar refractivity (Wildman–Crippen MR) is 106 cm³/mol. The van der Waals surface area contributed by atoms with Crippen molar-refractivity contribution in [3.05, 3.63) is 89.1 Å². The first-order valence-electron chi connectivity index (χ1n) is 8.47. The van der Waals surface area contributed by atoms with Gasteiger partial charge >= 0.3 is 0 Å². The molecule has 0 bridgehead atoms. The van der Waals surface area contributed by atoms with Gasteiger partial charge in [-0.1, -0.05) is 54.1 Å². The number of aliphatic imine (C=N–C) groups is 2. The molecule has 0 radical (unpaired) electrons. The molecular formula is C21H16ClN3O2. The lowest BCUT2D eigenvalue weighted by molar-refractivity contribution is -0.119. The summed E-state index contributed by atoms with van der Waals surface area (Å²) in [5.41, 5.74) is 1.84. The lowest BCUT2D eigenvalue weighted by Gasteiger charge is -2.21. The minimum absolute atomic E-state index is 0.147. The van der Waals surface area contributed by atoms with Crippen molar-refractivity contribution < 1.29 is 9.53 Å². The summed E-state index contributed by atoms with van der Waals surface area (Å²) in [5.74, 6) is 1.29. The Morgan fingerprint density at radius 1 is 1.11 bits per heavy atom. The number of amides is 1. The van der Waals surface area contributed by atoms with E-state index in [1.54, 1.807) is 18.2 Å². The molecule has 0 fully saturated rings. The summed E-state index contributed by atoms with van der Waals surface area (Å²) in [7, 11) is 0. The first kappa shape index (κ1) is 17.2. The summed E-state index contributed by atoms with van der Waals surface area (Å²) in [5, 5.41) is 0.624. The van der Waals surface area contributed by atoms with Gasteiger partial charge in [0.25, 0.3) is 5.91 Å². The number of allylic oxidation sites excluding steroid dienone is 2. The van der Waals surface area contributed by atoms with Crippen LogP contribution in [0.2, 0.25) is 0 Å². The van der Waals surface area contributed by atoms with Gasteiger partial charge in [0.1, 0.15) is 11.6 Å². The van der Waals surface area contributed by atoms with Crippen LogP contribution < -0.4 is 4.74 Å². The van der Waals surface area contributed by atoms with E-state index in [9.17, 15) is 4.79 Å². The zero-order chi connectivity index (χ0) is 18.6. The van der Waals surface area contributed by atoms with Gasteiger partial charge in [-0.2, -0.15) is 4.99 Å². The Labute approximate surface area is 162 Å². The molecule has 134 valence electrons. The van der Waals surface area contributed by atoms with Gasteiger partial charge in [-0.15, -0.1) is 0 Å². The third kappa shape index (κ3) is 3.99. The van der Waals surface area contributed by atoms with Crippen molar-refractivity contribution in [1.82, 2.24) is 4.90 Å². The average Bonchev–Trinajstić information content (AvgIpc) is 2.83. The number of halogens is 1. The molecule has 0 unspecified atom stereocenters. The molecule has 2 aliphatic heterocycles. The highest BCUT2D eigenvalue weighted by molar-refractivity contribution is 6.32. The number of carbonyl (C=O) groups is 1. The van der Waals surface area contributed by atoms with Crippen LogP contribution in [0.25, 0.3) is 0 Å². The van der Waals surface area contributed by atoms with E-state index < -0.39 is 5.91 Å². The molecule has 6 heteroatoms. The molecule has 0 atom stereocenters. The molecule has 27 heavy (non-hydrogen) atoms. The van der Waals surface area contributed by atoms with Gasteiger partial charge in [0, 0.05) is 18.3 Å². The summed E-state index contributed by atoms with van der Waals surface area (Å²) in [6, 6.07) is 16.9. The van der Waals surface area contributed by atoms with E-state index in [2.05, 4.69) is 9.98 Å². The SMILES string of the molecule is O=C(COc1ccccc1)N=C1N=C2C=CC(Cl)=CN2Cc2ccccc21. The summed E-state index contributed by atoms with van der Waals surface area (Å²) in [6.45, 7) is 0.453. The smallest absolute Gasteiger partial charge is 0.285 e. The molecule has 0 saturated heterocycles. The van der Waals surface area contributed by atoms with Crippen molar-refractivity contribution in [1.29, 1.82) is 0 Å². The van der Waals surface area contributed by atoms with Gasteiger partial charge < -0.3 is 9.64 Å². The highest BCUT2D eigenvalue weighted by Gasteiger charge is 2.21. The lowest BCUT2D eigenvalue weighted by Crippen LogP contribution is -2.25. The number of carbonyl (C=O) groups excluding carboxylic acids is 1. The number of fused-ring (bicyclic) bond motifs is 2. The normalized spacial score (nSPS) is 16.8. The van der Waals surface area contributed by atoms with Crippen LogP contribution in [0.1, 0.15) is 11.1 Å². The summed E-state index contributed by atoms with van der Waals surface area (Å²) in [4.78, 5) is 23.1. The standard InChI is InChI=1S/C21H16ClN3O2/c22-16-10-11-19-23-21(18-9-5-4-6-15(18)12-25(19)13-16)24-20(26)14-27-17-7-2-1-3-8-17/h1-11,13H,12,14H2. The van der Waals surface area contributed by atoms with E-state index in [0.29, 0.717) is 29.0 Å². The summed E-state index contributed by atoms with van der Waals surface area (Å²) in [6.07, 6.45) is 5.40. The minimum atomic E-state index is -0.394. The zero-order valence-electron chi connectivity index (χ0n) is 14.4. The number of hydrogen-bond donors (Lipinski definition) is 0. The Balaban J connectivity index is 1.63. The molecule has 2 heterocycles. The van der Waals surface area contributed by atoms with E-state index >= 15 is 0 Å². The van der Waals surface area contributed by atoms with Crippen molar-refractivity contribution in [2.75, 3.05) is 6.61 Å². The fourth-order valence-electron chi connectivity index (χ4n) is 2.86. The summed E-state index contributed by atoms with van der Waals surface area (Å²) >= 11 is 6.11. The maximum Gasteiger partial charge on any atom is 0.285 e. The second-order valence-electron chi connectivity index (χ2n) is 6.03. The van der Waals surface area contributed by atoms with Crippen LogP contribution >= 0.6 is 11.6 Å². The maximum atomic E-state index is 12.4. The van der Waals surface area contributed by atoms with Crippen molar-refractivity contribution in [2.45, 2.75) is 6.54 Å². The number of hydrogen-bond acceptors (Lipinski definition) is 3. The second-order valence-corrected chi connectivity index (χ2v) is 6.47. The van der Waals surface area contributed by atoms with Crippen LogP contribution in [0.5, 0.6) is 5.75 Å². The molecule has 0 spiro atoms. The van der Waals surface area contributed by atoms with Gasteiger partial charge in [0.2, 0.25) is 0 Å². The molecule has 0 aliphatic carbocycles. The molecule has 2 aliphatic rings. The van der Waals surface area contributed by atoms with Crippen molar-refractivity contribution in [2.24, 2.45) is 9.98 Å². The zero-order valence-corrected chi connectivity index (χ0v) is 15.1. The van der Waals surface area contributed by atoms with E-state index in [1.807, 2.05) is 59.6 Å². The molecular weight excluding hydrogens is 362 g/mol. The Hall–Kier alpha value is -3.18. The predicted octanol–water partition coefficient (Wildman–Crippen LogP) is 3.90. The van der Waals surface area contributed by atoms with Crippen LogP contribution in [-0.2, 0) is 11.3 Å². The van der Waals surface area contributed by atoms with Gasteiger partial charge in [0.15, 0.2) is 12.4 Å². The van der Waals surface area contributed by atoms with E-state index in [-0.39, 0.29) is 6.61 Å². The van der Waals surface area contributed by atoms with E-state index in [0.717, 1.165) is 11.1 Å². The Bertz CT molecular complexity index is 993. The van der Waals surface area contributed by atoms with Crippen LogP contribution in [0.4, 0.5) is 0 Å². The maximum absolute atomic E-state index is 12.4. The number of benzene rings is 2. The molecule has 2 aromatic carbocycles. The number of nitrogens with zero attached hydrogens (tertiary/aromatic N) is 3. The first-order chi connectivity index (χ1) is 13.2. The fraction of sp³-hybridized carbons (Fsp3) is 0.0952. The van der Waals surface area contributed by atoms with Gasteiger partial charge in [-0.3, -0.25) is 4.79 Å². The first-order valence-corrected chi connectivity index (χ1v) is 8.85. The van der Waals surface area contributed by atoms with Crippen molar-refractivity contribution in [3.63, 3.8) is 0 Å². The monoisotopic (exact) mass is 377 g/mol. The second kappa shape index (κ2) is 7.60. The van der Waals surface area contributed by atoms with Gasteiger partial charge in [-0.05, 0) is 29.8 Å². The molecule has 0 saturated carbocycles. The van der Waals surface area contributed by atoms with Crippen LogP contribution in [0, 0.1) is 0 Å². The van der Waals surface area contributed by atoms with Crippen LogP contribution in [0.15, 0.2) is 88.0 Å². The quantitative estimate of drug-likeness (QED) is 0.815. The largest absolute Gasteiger partial charge is 0.484 e.